The third kappa shape index (κ3) is 5.52. The second kappa shape index (κ2) is 8.11. The molecule has 0 aromatic heterocycles. The van der Waals surface area contributed by atoms with E-state index < -0.39 is 6.10 Å². The van der Waals surface area contributed by atoms with E-state index in [-0.39, 0.29) is 0 Å². The molecule has 18 heavy (non-hydrogen) atoms. The molecule has 102 valence electrons. The van der Waals surface area contributed by atoms with Crippen LogP contribution in [0.2, 0.25) is 0 Å². The van der Waals surface area contributed by atoms with Crippen LogP contribution in [-0.2, 0) is 4.74 Å². The quantitative estimate of drug-likeness (QED) is 0.722. The van der Waals surface area contributed by atoms with Crippen molar-refractivity contribution in [3.05, 3.63) is 29.8 Å². The molecule has 0 radical (unpaired) electrons. The van der Waals surface area contributed by atoms with E-state index >= 15 is 0 Å². The minimum Gasteiger partial charge on any atom is -0.494 e. The van der Waals surface area contributed by atoms with Gasteiger partial charge >= 0.3 is 0 Å². The summed E-state index contributed by atoms with van der Waals surface area (Å²) < 4.78 is 10.8. The lowest BCUT2D eigenvalue weighted by molar-refractivity contribution is 0.0319. The first-order valence-corrected chi connectivity index (χ1v) is 6.62. The normalized spacial score (nSPS) is 12.7. The number of rotatable bonds is 8. The molecule has 3 nitrogen and oxygen atoms in total. The first kappa shape index (κ1) is 15.0. The van der Waals surface area contributed by atoms with Gasteiger partial charge in [0.05, 0.1) is 13.2 Å². The van der Waals surface area contributed by atoms with E-state index in [1.54, 1.807) is 0 Å². The molecule has 1 aromatic carbocycles. The fourth-order valence-corrected chi connectivity index (χ4v) is 1.56. The second-order valence-electron chi connectivity index (χ2n) is 4.78. The zero-order valence-electron chi connectivity index (χ0n) is 11.6. The van der Waals surface area contributed by atoms with Crippen LogP contribution in [0.3, 0.4) is 0 Å². The van der Waals surface area contributed by atoms with Crippen molar-refractivity contribution in [3.8, 4) is 5.75 Å². The zero-order chi connectivity index (χ0) is 13.4. The maximum atomic E-state index is 9.94. The Morgan fingerprint density at radius 3 is 2.39 bits per heavy atom. The molecular formula is C15H24O3. The van der Waals surface area contributed by atoms with Crippen molar-refractivity contribution in [3.63, 3.8) is 0 Å². The molecule has 0 bridgehead atoms. The summed E-state index contributed by atoms with van der Waals surface area (Å²) in [6.45, 7) is 7.97. The van der Waals surface area contributed by atoms with Crippen molar-refractivity contribution in [1.82, 2.24) is 0 Å². The molecule has 0 amide bonds. The molecule has 0 fully saturated rings. The predicted molar refractivity (Wildman–Crippen MR) is 72.8 cm³/mol. The maximum Gasteiger partial charge on any atom is 0.119 e. The first-order chi connectivity index (χ1) is 8.63. The number of ether oxygens (including phenoxy) is 2. The lowest BCUT2D eigenvalue weighted by atomic mass is 10.1. The monoisotopic (exact) mass is 252 g/mol. The summed E-state index contributed by atoms with van der Waals surface area (Å²) in [6, 6.07) is 7.50. The van der Waals surface area contributed by atoms with Crippen LogP contribution < -0.4 is 4.74 Å². The Labute approximate surface area is 110 Å². The molecule has 0 aliphatic heterocycles. The van der Waals surface area contributed by atoms with Crippen LogP contribution in [-0.4, -0.2) is 24.9 Å². The van der Waals surface area contributed by atoms with Crippen molar-refractivity contribution in [2.24, 2.45) is 5.92 Å². The van der Waals surface area contributed by atoms with Crippen LogP contribution in [0.1, 0.15) is 38.9 Å². The van der Waals surface area contributed by atoms with Gasteiger partial charge in [0.1, 0.15) is 11.9 Å². The van der Waals surface area contributed by atoms with Crippen molar-refractivity contribution in [2.45, 2.75) is 33.3 Å². The van der Waals surface area contributed by atoms with Crippen LogP contribution in [0.25, 0.3) is 0 Å². The Morgan fingerprint density at radius 2 is 1.83 bits per heavy atom. The third-order valence-electron chi connectivity index (χ3n) is 2.69. The van der Waals surface area contributed by atoms with Crippen molar-refractivity contribution < 1.29 is 14.6 Å². The van der Waals surface area contributed by atoms with Crippen molar-refractivity contribution in [1.29, 1.82) is 0 Å². The van der Waals surface area contributed by atoms with Gasteiger partial charge in [0.25, 0.3) is 0 Å². The van der Waals surface area contributed by atoms with E-state index in [4.69, 9.17) is 9.47 Å². The highest BCUT2D eigenvalue weighted by atomic mass is 16.5. The molecule has 0 aliphatic carbocycles. The summed E-state index contributed by atoms with van der Waals surface area (Å²) in [5.41, 5.74) is 0.864. The average Bonchev–Trinajstić information content (AvgIpc) is 2.35. The Bertz CT molecular complexity index is 319. The highest BCUT2D eigenvalue weighted by Gasteiger charge is 2.07. The van der Waals surface area contributed by atoms with Gasteiger partial charge in [-0.3, -0.25) is 0 Å². The standard InChI is InChI=1S/C15H24O3/c1-4-18-14-7-5-13(6-8-14)15(16)11-17-10-9-12(2)3/h5-8,12,15-16H,4,9-11H2,1-3H3. The van der Waals surface area contributed by atoms with Crippen LogP contribution in [0, 0.1) is 5.92 Å². The molecule has 3 heteroatoms. The van der Waals surface area contributed by atoms with E-state index in [2.05, 4.69) is 13.8 Å². The summed E-state index contributed by atoms with van der Waals surface area (Å²) >= 11 is 0. The minimum absolute atomic E-state index is 0.348. The Balaban J connectivity index is 2.34. The number of hydrogen-bond acceptors (Lipinski definition) is 3. The lowest BCUT2D eigenvalue weighted by Crippen LogP contribution is -2.09. The van der Waals surface area contributed by atoms with E-state index in [9.17, 15) is 5.11 Å². The van der Waals surface area contributed by atoms with Gasteiger partial charge < -0.3 is 14.6 Å². The van der Waals surface area contributed by atoms with Crippen molar-refractivity contribution in [2.75, 3.05) is 19.8 Å². The van der Waals surface area contributed by atoms with Gasteiger partial charge in [0.2, 0.25) is 0 Å². The highest BCUT2D eigenvalue weighted by Crippen LogP contribution is 2.18. The van der Waals surface area contributed by atoms with E-state index in [1.807, 2.05) is 31.2 Å². The van der Waals surface area contributed by atoms with Crippen LogP contribution in [0.4, 0.5) is 0 Å². The Kier molecular flexibility index (Phi) is 6.76. The van der Waals surface area contributed by atoms with Crippen LogP contribution in [0.5, 0.6) is 5.75 Å². The summed E-state index contributed by atoms with van der Waals surface area (Å²) in [5, 5.41) is 9.94. The molecule has 1 aromatic rings. The summed E-state index contributed by atoms with van der Waals surface area (Å²) in [6.07, 6.45) is 0.462. The van der Waals surface area contributed by atoms with Gasteiger partial charge in [-0.05, 0) is 37.0 Å². The van der Waals surface area contributed by atoms with E-state index in [0.717, 1.165) is 17.7 Å². The topological polar surface area (TPSA) is 38.7 Å². The average molecular weight is 252 g/mol. The third-order valence-corrected chi connectivity index (χ3v) is 2.69. The maximum absolute atomic E-state index is 9.94. The van der Waals surface area contributed by atoms with Gasteiger partial charge in [0.15, 0.2) is 0 Å². The fourth-order valence-electron chi connectivity index (χ4n) is 1.56. The molecule has 0 saturated carbocycles. The van der Waals surface area contributed by atoms with Gasteiger partial charge in [-0.1, -0.05) is 26.0 Å². The molecule has 0 saturated heterocycles. The molecule has 0 aliphatic rings. The molecule has 1 atom stereocenters. The van der Waals surface area contributed by atoms with Gasteiger partial charge in [0, 0.05) is 6.61 Å². The van der Waals surface area contributed by atoms with E-state index in [1.165, 1.54) is 0 Å². The molecule has 1 rings (SSSR count). The SMILES string of the molecule is CCOc1ccc(C(O)COCCC(C)C)cc1. The van der Waals surface area contributed by atoms with Crippen LogP contribution in [0.15, 0.2) is 24.3 Å². The minimum atomic E-state index is -0.562. The van der Waals surface area contributed by atoms with Crippen molar-refractivity contribution >= 4 is 0 Å². The second-order valence-corrected chi connectivity index (χ2v) is 4.78. The summed E-state index contributed by atoms with van der Waals surface area (Å²) in [5.74, 6) is 1.46. The Morgan fingerprint density at radius 1 is 1.17 bits per heavy atom. The van der Waals surface area contributed by atoms with Crippen LogP contribution >= 0.6 is 0 Å². The zero-order valence-corrected chi connectivity index (χ0v) is 11.6. The smallest absolute Gasteiger partial charge is 0.119 e. The number of benzene rings is 1. The van der Waals surface area contributed by atoms with Gasteiger partial charge in [-0.25, -0.2) is 0 Å². The highest BCUT2D eigenvalue weighted by molar-refractivity contribution is 5.28. The number of aliphatic hydroxyl groups excluding tert-OH is 1. The molecule has 1 unspecified atom stereocenters. The lowest BCUT2D eigenvalue weighted by Gasteiger charge is -2.13. The Hall–Kier alpha value is -1.06. The molecular weight excluding hydrogens is 228 g/mol. The summed E-state index contributed by atoms with van der Waals surface area (Å²) in [4.78, 5) is 0. The molecule has 0 heterocycles. The molecule has 1 N–H and O–H groups in total. The first-order valence-electron chi connectivity index (χ1n) is 6.62. The van der Waals surface area contributed by atoms with Gasteiger partial charge in [-0.15, -0.1) is 0 Å². The number of hydrogen-bond donors (Lipinski definition) is 1. The largest absolute Gasteiger partial charge is 0.494 e. The number of aliphatic hydroxyl groups is 1. The fraction of sp³-hybridized carbons (Fsp3) is 0.600. The molecule has 0 spiro atoms. The predicted octanol–water partition coefficient (Wildman–Crippen LogP) is 3.18. The summed E-state index contributed by atoms with van der Waals surface area (Å²) in [7, 11) is 0. The van der Waals surface area contributed by atoms with E-state index in [0.29, 0.717) is 25.7 Å². The van der Waals surface area contributed by atoms with Gasteiger partial charge in [-0.2, -0.15) is 0 Å².